The molecule has 0 amide bonds. The molecule has 1 N–H and O–H groups in total. The molecule has 0 aromatic heterocycles. The Labute approximate surface area is 208 Å². The van der Waals surface area contributed by atoms with E-state index in [1.165, 1.54) is 7.11 Å². The van der Waals surface area contributed by atoms with E-state index in [4.69, 9.17) is 37.4 Å². The molecule has 2 aromatic carbocycles. The predicted molar refractivity (Wildman–Crippen MR) is 131 cm³/mol. The number of benzene rings is 2. The number of nitrogens with one attached hydrogen (secondary N) is 1. The van der Waals surface area contributed by atoms with Crippen molar-refractivity contribution in [2.45, 2.75) is 31.6 Å². The van der Waals surface area contributed by atoms with E-state index in [0.29, 0.717) is 56.8 Å². The molecule has 0 saturated heterocycles. The van der Waals surface area contributed by atoms with Crippen LogP contribution < -0.4 is 14.8 Å². The topological polar surface area (TPSA) is 73.9 Å². The molecule has 2 atom stereocenters. The van der Waals surface area contributed by atoms with Crippen molar-refractivity contribution in [1.82, 2.24) is 5.32 Å². The van der Waals surface area contributed by atoms with Crippen LogP contribution in [-0.4, -0.2) is 33.1 Å². The molecule has 0 radical (unpaired) electrons. The van der Waals surface area contributed by atoms with E-state index >= 15 is 0 Å². The second-order valence-corrected chi connectivity index (χ2v) is 9.11. The molecular formula is C26H25Cl2NO5. The van der Waals surface area contributed by atoms with Crippen molar-refractivity contribution in [2.24, 2.45) is 0 Å². The summed E-state index contributed by atoms with van der Waals surface area (Å²) >= 11 is 12.4. The SMILES string of the molecule is COC(=O)C1=C(C)NC2=C(C(=O)CC(c3ccc(OC)c(OC)c3)C2)C1c1ccc(Cl)c(Cl)c1. The Morgan fingerprint density at radius 3 is 2.29 bits per heavy atom. The van der Waals surface area contributed by atoms with Crippen LogP contribution in [0.15, 0.2) is 58.9 Å². The summed E-state index contributed by atoms with van der Waals surface area (Å²) in [5.41, 5.74) is 4.06. The van der Waals surface area contributed by atoms with E-state index in [0.717, 1.165) is 11.3 Å². The molecule has 178 valence electrons. The summed E-state index contributed by atoms with van der Waals surface area (Å²) in [4.78, 5) is 26.4. The number of halogens is 2. The fourth-order valence-electron chi connectivity index (χ4n) is 4.79. The van der Waals surface area contributed by atoms with Crippen LogP contribution in [0, 0.1) is 0 Å². The summed E-state index contributed by atoms with van der Waals surface area (Å²) in [6, 6.07) is 10.9. The minimum atomic E-state index is -0.600. The number of allylic oxidation sites excluding steroid dienone is 3. The lowest BCUT2D eigenvalue weighted by atomic mass is 9.71. The van der Waals surface area contributed by atoms with Crippen molar-refractivity contribution in [3.05, 3.63) is 80.1 Å². The van der Waals surface area contributed by atoms with Gasteiger partial charge in [0.05, 0.1) is 36.9 Å². The number of dihydropyridines is 1. The number of carbonyl (C=O) groups excluding carboxylic acids is 2. The van der Waals surface area contributed by atoms with Gasteiger partial charge < -0.3 is 19.5 Å². The molecule has 1 aliphatic heterocycles. The number of hydrogen-bond acceptors (Lipinski definition) is 6. The first-order valence-electron chi connectivity index (χ1n) is 10.8. The van der Waals surface area contributed by atoms with E-state index in [-0.39, 0.29) is 11.7 Å². The van der Waals surface area contributed by atoms with Gasteiger partial charge in [-0.1, -0.05) is 35.3 Å². The Morgan fingerprint density at radius 1 is 0.941 bits per heavy atom. The van der Waals surface area contributed by atoms with E-state index in [2.05, 4.69) is 5.32 Å². The first kappa shape index (κ1) is 24.2. The maximum Gasteiger partial charge on any atom is 0.336 e. The molecule has 6 nitrogen and oxygen atoms in total. The third kappa shape index (κ3) is 4.28. The minimum absolute atomic E-state index is 0.0430. The lowest BCUT2D eigenvalue weighted by Gasteiger charge is -2.36. The second kappa shape index (κ2) is 9.72. The van der Waals surface area contributed by atoms with E-state index < -0.39 is 11.9 Å². The van der Waals surface area contributed by atoms with Crippen molar-refractivity contribution in [2.75, 3.05) is 21.3 Å². The van der Waals surface area contributed by atoms with E-state index in [9.17, 15) is 9.59 Å². The number of ketones is 1. The Balaban J connectivity index is 1.79. The third-order valence-electron chi connectivity index (χ3n) is 6.39. The Hall–Kier alpha value is -2.96. The van der Waals surface area contributed by atoms with Gasteiger partial charge in [0.25, 0.3) is 0 Å². The van der Waals surface area contributed by atoms with Gasteiger partial charge in [-0.05, 0) is 54.7 Å². The third-order valence-corrected chi connectivity index (χ3v) is 7.13. The molecule has 0 fully saturated rings. The zero-order chi connectivity index (χ0) is 24.6. The van der Waals surface area contributed by atoms with Gasteiger partial charge in [0.1, 0.15) is 0 Å². The largest absolute Gasteiger partial charge is 0.493 e. The average molecular weight is 502 g/mol. The molecule has 2 unspecified atom stereocenters. The van der Waals surface area contributed by atoms with Crippen molar-refractivity contribution >= 4 is 35.0 Å². The number of ether oxygens (including phenoxy) is 3. The standard InChI is InChI=1S/C26H25Cl2NO5/c1-13-23(26(31)34-4)24(15-5-7-17(27)18(28)9-15)25-19(29-13)10-16(11-20(25)30)14-6-8-21(32-2)22(12-14)33-3/h5-9,12,16,24,29H,10-11H2,1-4H3. The van der Waals surface area contributed by atoms with Gasteiger partial charge in [-0.15, -0.1) is 0 Å². The summed E-state index contributed by atoms with van der Waals surface area (Å²) in [7, 11) is 4.50. The fourth-order valence-corrected chi connectivity index (χ4v) is 5.09. The van der Waals surface area contributed by atoms with E-state index in [1.54, 1.807) is 32.4 Å². The number of methoxy groups -OCH3 is 3. The predicted octanol–water partition coefficient (Wildman–Crippen LogP) is 5.55. The summed E-state index contributed by atoms with van der Waals surface area (Å²) < 4.78 is 15.9. The summed E-state index contributed by atoms with van der Waals surface area (Å²) in [6.45, 7) is 1.81. The highest BCUT2D eigenvalue weighted by Gasteiger charge is 2.41. The van der Waals surface area contributed by atoms with Gasteiger partial charge in [0.2, 0.25) is 0 Å². The zero-order valence-corrected chi connectivity index (χ0v) is 20.8. The smallest absolute Gasteiger partial charge is 0.336 e. The molecule has 1 heterocycles. The summed E-state index contributed by atoms with van der Waals surface area (Å²) in [5.74, 6) is 0.0468. The normalized spacial score (nSPS) is 20.0. The molecule has 4 rings (SSSR count). The Morgan fingerprint density at radius 2 is 1.65 bits per heavy atom. The van der Waals surface area contributed by atoms with Crippen LogP contribution in [0.25, 0.3) is 0 Å². The molecule has 8 heteroatoms. The van der Waals surface area contributed by atoms with Crippen molar-refractivity contribution in [1.29, 1.82) is 0 Å². The number of esters is 1. The molecule has 0 bridgehead atoms. The maximum absolute atomic E-state index is 13.6. The minimum Gasteiger partial charge on any atom is -0.493 e. The highest BCUT2D eigenvalue weighted by Crippen LogP contribution is 2.47. The molecular weight excluding hydrogens is 477 g/mol. The van der Waals surface area contributed by atoms with Crippen molar-refractivity contribution in [3.63, 3.8) is 0 Å². The molecule has 1 aliphatic carbocycles. The monoisotopic (exact) mass is 501 g/mol. The van der Waals surface area contributed by atoms with Crippen molar-refractivity contribution in [3.8, 4) is 11.5 Å². The van der Waals surface area contributed by atoms with Crippen LogP contribution in [0.4, 0.5) is 0 Å². The number of carbonyl (C=O) groups is 2. The van der Waals surface area contributed by atoms with Crippen LogP contribution in [0.3, 0.4) is 0 Å². The van der Waals surface area contributed by atoms with Gasteiger partial charge >= 0.3 is 5.97 Å². The first-order chi connectivity index (χ1) is 16.3. The lowest BCUT2D eigenvalue weighted by molar-refractivity contribution is -0.136. The van der Waals surface area contributed by atoms with Gasteiger partial charge in [0.15, 0.2) is 17.3 Å². The summed E-state index contributed by atoms with van der Waals surface area (Å²) in [6.07, 6.45) is 0.890. The fraction of sp³-hybridized carbons (Fsp3) is 0.308. The number of rotatable bonds is 5. The van der Waals surface area contributed by atoms with Crippen molar-refractivity contribution < 1.29 is 23.8 Å². The average Bonchev–Trinajstić information content (AvgIpc) is 2.83. The van der Waals surface area contributed by atoms with E-state index in [1.807, 2.05) is 25.1 Å². The number of hydrogen-bond donors (Lipinski definition) is 1. The van der Waals surface area contributed by atoms with Gasteiger partial charge in [-0.3, -0.25) is 4.79 Å². The molecule has 2 aromatic rings. The Bertz CT molecular complexity index is 1230. The number of Topliss-reactive ketones (excluding diaryl/α,β-unsaturated/α-hetero) is 1. The molecule has 34 heavy (non-hydrogen) atoms. The van der Waals surface area contributed by atoms with Gasteiger partial charge in [-0.25, -0.2) is 4.79 Å². The second-order valence-electron chi connectivity index (χ2n) is 8.30. The zero-order valence-electron chi connectivity index (χ0n) is 19.3. The first-order valence-corrected chi connectivity index (χ1v) is 11.5. The highest BCUT2D eigenvalue weighted by atomic mass is 35.5. The summed E-state index contributed by atoms with van der Waals surface area (Å²) in [5, 5.41) is 4.07. The maximum atomic E-state index is 13.6. The molecule has 2 aliphatic rings. The Kier molecular flexibility index (Phi) is 6.91. The molecule has 0 saturated carbocycles. The van der Waals surface area contributed by atoms with Crippen LogP contribution in [0.1, 0.15) is 42.7 Å². The molecule has 0 spiro atoms. The van der Waals surface area contributed by atoms with Crippen LogP contribution >= 0.6 is 23.2 Å². The van der Waals surface area contributed by atoms with Crippen LogP contribution in [0.2, 0.25) is 10.0 Å². The van der Waals surface area contributed by atoms with Gasteiger partial charge in [-0.2, -0.15) is 0 Å². The van der Waals surface area contributed by atoms with Crippen LogP contribution in [-0.2, 0) is 14.3 Å². The highest BCUT2D eigenvalue weighted by molar-refractivity contribution is 6.42. The van der Waals surface area contributed by atoms with Gasteiger partial charge in [0, 0.05) is 29.3 Å². The van der Waals surface area contributed by atoms with Crippen LogP contribution in [0.5, 0.6) is 11.5 Å². The quantitative estimate of drug-likeness (QED) is 0.541. The lowest BCUT2D eigenvalue weighted by Crippen LogP contribution is -2.36.